The predicted octanol–water partition coefficient (Wildman–Crippen LogP) is 3.92. The van der Waals surface area contributed by atoms with Gasteiger partial charge in [-0.05, 0) is 25.5 Å². The van der Waals surface area contributed by atoms with Crippen LogP contribution in [0.25, 0.3) is 0 Å². The number of hydrogen-bond donors (Lipinski definition) is 0. The Kier molecular flexibility index (Phi) is 4.53. The topological polar surface area (TPSA) is 9.23 Å². The Morgan fingerprint density at radius 1 is 1.33 bits per heavy atom. The summed E-state index contributed by atoms with van der Waals surface area (Å²) in [4.78, 5) is 0. The van der Waals surface area contributed by atoms with E-state index in [9.17, 15) is 8.78 Å². The summed E-state index contributed by atoms with van der Waals surface area (Å²) in [6.07, 6.45) is 2.97. The van der Waals surface area contributed by atoms with E-state index in [0.717, 1.165) is 25.3 Å². The van der Waals surface area contributed by atoms with Crippen molar-refractivity contribution in [3.05, 3.63) is 29.8 Å². The highest BCUT2D eigenvalue weighted by Crippen LogP contribution is 2.20. The van der Waals surface area contributed by atoms with E-state index in [1.807, 2.05) is 6.92 Å². The van der Waals surface area contributed by atoms with Crippen LogP contribution in [0.4, 0.5) is 8.78 Å². The van der Waals surface area contributed by atoms with Gasteiger partial charge in [-0.2, -0.15) is 0 Å². The van der Waals surface area contributed by atoms with Gasteiger partial charge in [0, 0.05) is 6.07 Å². The summed E-state index contributed by atoms with van der Waals surface area (Å²) in [5.74, 6) is -1.10. The van der Waals surface area contributed by atoms with Gasteiger partial charge in [0.05, 0.1) is 6.10 Å². The second kappa shape index (κ2) is 5.69. The van der Waals surface area contributed by atoms with Gasteiger partial charge in [-0.1, -0.05) is 19.8 Å². The molecule has 1 aromatic rings. The molecular formula is C12H16F2O. The molecule has 0 heterocycles. The average molecular weight is 214 g/mol. The molecule has 0 aromatic heterocycles. The molecule has 84 valence electrons. The molecule has 0 aliphatic carbocycles. The first-order valence-electron chi connectivity index (χ1n) is 5.25. The van der Waals surface area contributed by atoms with Crippen LogP contribution in [0.2, 0.25) is 0 Å². The molecule has 1 nitrogen and oxygen atoms in total. The first-order chi connectivity index (χ1) is 7.13. The Bertz CT molecular complexity index is 312. The lowest BCUT2D eigenvalue weighted by Crippen LogP contribution is -2.12. The molecule has 0 spiro atoms. The zero-order valence-electron chi connectivity index (χ0n) is 9.09. The van der Waals surface area contributed by atoms with Crippen LogP contribution in [0.1, 0.15) is 33.1 Å². The van der Waals surface area contributed by atoms with E-state index >= 15 is 0 Å². The first-order valence-corrected chi connectivity index (χ1v) is 5.25. The molecule has 0 radical (unpaired) electrons. The van der Waals surface area contributed by atoms with Gasteiger partial charge in [-0.25, -0.2) is 8.78 Å². The van der Waals surface area contributed by atoms with Crippen molar-refractivity contribution in [3.8, 4) is 5.75 Å². The summed E-state index contributed by atoms with van der Waals surface area (Å²) < 4.78 is 31.1. The van der Waals surface area contributed by atoms with Crippen molar-refractivity contribution in [3.63, 3.8) is 0 Å². The van der Waals surface area contributed by atoms with Crippen molar-refractivity contribution in [1.82, 2.24) is 0 Å². The van der Waals surface area contributed by atoms with Crippen LogP contribution in [0.3, 0.4) is 0 Å². The monoisotopic (exact) mass is 214 g/mol. The molecule has 1 atom stereocenters. The molecule has 0 bridgehead atoms. The van der Waals surface area contributed by atoms with Crippen LogP contribution >= 0.6 is 0 Å². The van der Waals surface area contributed by atoms with Gasteiger partial charge >= 0.3 is 0 Å². The minimum atomic E-state index is -0.640. The molecule has 0 amide bonds. The number of halogens is 2. The maximum atomic E-state index is 13.2. The van der Waals surface area contributed by atoms with Crippen LogP contribution in [0, 0.1) is 11.6 Å². The maximum Gasteiger partial charge on any atom is 0.167 e. The number of hydrogen-bond acceptors (Lipinski definition) is 1. The number of rotatable bonds is 5. The Labute approximate surface area is 89.1 Å². The molecule has 1 unspecified atom stereocenters. The number of benzene rings is 1. The molecule has 15 heavy (non-hydrogen) atoms. The lowest BCUT2D eigenvalue weighted by Gasteiger charge is -2.14. The molecule has 0 fully saturated rings. The van der Waals surface area contributed by atoms with Crippen LogP contribution in [0.5, 0.6) is 5.75 Å². The summed E-state index contributed by atoms with van der Waals surface area (Å²) in [5.41, 5.74) is 0. The minimum absolute atomic E-state index is 0.0371. The van der Waals surface area contributed by atoms with E-state index in [4.69, 9.17) is 4.74 Å². The lowest BCUT2D eigenvalue weighted by molar-refractivity contribution is 0.198. The Morgan fingerprint density at radius 2 is 2.07 bits per heavy atom. The van der Waals surface area contributed by atoms with E-state index in [1.165, 1.54) is 12.1 Å². The third-order valence-electron chi connectivity index (χ3n) is 2.19. The fourth-order valence-corrected chi connectivity index (χ4v) is 1.34. The lowest BCUT2D eigenvalue weighted by atomic mass is 10.2. The van der Waals surface area contributed by atoms with Crippen molar-refractivity contribution in [2.75, 3.05) is 0 Å². The second-order valence-electron chi connectivity index (χ2n) is 3.65. The van der Waals surface area contributed by atoms with Crippen molar-refractivity contribution < 1.29 is 13.5 Å². The van der Waals surface area contributed by atoms with Gasteiger partial charge < -0.3 is 4.74 Å². The third kappa shape index (κ3) is 3.86. The summed E-state index contributed by atoms with van der Waals surface area (Å²) in [7, 11) is 0. The number of unbranched alkanes of at least 4 members (excludes halogenated alkanes) is 1. The molecule has 0 aliphatic heterocycles. The van der Waals surface area contributed by atoms with Crippen molar-refractivity contribution in [2.24, 2.45) is 0 Å². The maximum absolute atomic E-state index is 13.2. The van der Waals surface area contributed by atoms with Crippen molar-refractivity contribution in [2.45, 2.75) is 39.2 Å². The molecule has 0 saturated heterocycles. The highest BCUT2D eigenvalue weighted by molar-refractivity contribution is 5.24. The highest BCUT2D eigenvalue weighted by atomic mass is 19.1. The molecule has 0 saturated carbocycles. The zero-order chi connectivity index (χ0) is 11.3. The smallest absolute Gasteiger partial charge is 0.167 e. The molecular weight excluding hydrogens is 198 g/mol. The van der Waals surface area contributed by atoms with E-state index in [2.05, 4.69) is 6.92 Å². The fraction of sp³-hybridized carbons (Fsp3) is 0.500. The summed E-state index contributed by atoms with van der Waals surface area (Å²) in [6, 6.07) is 3.36. The Morgan fingerprint density at radius 3 is 2.67 bits per heavy atom. The molecule has 0 aliphatic rings. The van der Waals surface area contributed by atoms with E-state index in [0.29, 0.717) is 0 Å². The summed E-state index contributed by atoms with van der Waals surface area (Å²) >= 11 is 0. The normalized spacial score (nSPS) is 12.5. The Balaban J connectivity index is 2.56. The second-order valence-corrected chi connectivity index (χ2v) is 3.65. The minimum Gasteiger partial charge on any atom is -0.488 e. The molecule has 3 heteroatoms. The number of ether oxygens (including phenoxy) is 1. The predicted molar refractivity (Wildman–Crippen MR) is 56.0 cm³/mol. The van der Waals surface area contributed by atoms with E-state index in [1.54, 1.807) is 0 Å². The van der Waals surface area contributed by atoms with Crippen molar-refractivity contribution >= 4 is 0 Å². The standard InChI is InChI=1S/C12H16F2O/c1-3-4-5-9(2)15-12-7-6-10(13)8-11(12)14/h6-9H,3-5H2,1-2H3. The van der Waals surface area contributed by atoms with Gasteiger partial charge in [-0.15, -0.1) is 0 Å². The highest BCUT2D eigenvalue weighted by Gasteiger charge is 2.08. The largest absolute Gasteiger partial charge is 0.488 e. The van der Waals surface area contributed by atoms with Crippen molar-refractivity contribution in [1.29, 1.82) is 0 Å². The van der Waals surface area contributed by atoms with Crippen LogP contribution in [-0.2, 0) is 0 Å². The quantitative estimate of drug-likeness (QED) is 0.721. The van der Waals surface area contributed by atoms with Gasteiger partial charge in [0.2, 0.25) is 0 Å². The fourth-order valence-electron chi connectivity index (χ4n) is 1.34. The van der Waals surface area contributed by atoms with Crippen LogP contribution < -0.4 is 4.74 Å². The molecule has 1 aromatic carbocycles. The van der Waals surface area contributed by atoms with Gasteiger partial charge in [0.1, 0.15) is 5.82 Å². The zero-order valence-corrected chi connectivity index (χ0v) is 9.09. The summed E-state index contributed by atoms with van der Waals surface area (Å²) in [6.45, 7) is 3.98. The SMILES string of the molecule is CCCCC(C)Oc1ccc(F)cc1F. The third-order valence-corrected chi connectivity index (χ3v) is 2.19. The summed E-state index contributed by atoms with van der Waals surface area (Å²) in [5, 5.41) is 0. The Hall–Kier alpha value is -1.12. The van der Waals surface area contributed by atoms with Crippen LogP contribution in [0.15, 0.2) is 18.2 Å². The average Bonchev–Trinajstić information content (AvgIpc) is 2.19. The molecule has 0 N–H and O–H groups in total. The first kappa shape index (κ1) is 12.0. The molecule has 1 rings (SSSR count). The van der Waals surface area contributed by atoms with Gasteiger partial charge in [0.25, 0.3) is 0 Å². The van der Waals surface area contributed by atoms with Gasteiger partial charge in [0.15, 0.2) is 11.6 Å². The van der Waals surface area contributed by atoms with Gasteiger partial charge in [-0.3, -0.25) is 0 Å². The van der Waals surface area contributed by atoms with E-state index in [-0.39, 0.29) is 11.9 Å². The van der Waals surface area contributed by atoms with Crippen LogP contribution in [-0.4, -0.2) is 6.10 Å². The van der Waals surface area contributed by atoms with E-state index < -0.39 is 11.6 Å².